The minimum Gasteiger partial charge on any atom is -0.462 e. The maximum absolute atomic E-state index is 13.1. The summed E-state index contributed by atoms with van der Waals surface area (Å²) in [4.78, 5) is 73.2. The largest absolute Gasteiger partial charge is 0.472 e. The maximum atomic E-state index is 13.1. The molecule has 0 aliphatic carbocycles. The summed E-state index contributed by atoms with van der Waals surface area (Å²) in [5, 5.41) is 10.7. The molecule has 5 atom stereocenters. The van der Waals surface area contributed by atoms with Crippen LogP contribution in [0.5, 0.6) is 0 Å². The van der Waals surface area contributed by atoms with Crippen molar-refractivity contribution in [3.8, 4) is 0 Å². The van der Waals surface area contributed by atoms with Crippen LogP contribution in [0.25, 0.3) is 0 Å². The van der Waals surface area contributed by atoms with Gasteiger partial charge in [0, 0.05) is 25.7 Å². The summed E-state index contributed by atoms with van der Waals surface area (Å²) >= 11 is 0. The Morgan fingerprint density at radius 3 is 0.796 bits per heavy atom. The van der Waals surface area contributed by atoms with E-state index in [1.807, 2.05) is 0 Å². The Morgan fingerprint density at radius 2 is 0.481 bits per heavy atom. The molecule has 0 amide bonds. The van der Waals surface area contributed by atoms with Gasteiger partial charge in [0.25, 0.3) is 0 Å². The zero-order valence-corrected chi connectivity index (χ0v) is 69.3. The monoisotopic (exact) mass is 1550 g/mol. The number of unbranched alkanes of at least 4 members (excludes halogenated alkanes) is 25. The zero-order chi connectivity index (χ0) is 78.9. The van der Waals surface area contributed by atoms with E-state index in [1.54, 1.807) is 0 Å². The van der Waals surface area contributed by atoms with Crippen LogP contribution in [0.4, 0.5) is 0 Å². The molecule has 0 aromatic carbocycles. The van der Waals surface area contributed by atoms with Gasteiger partial charge in [0.1, 0.15) is 19.3 Å². The van der Waals surface area contributed by atoms with E-state index in [9.17, 15) is 43.2 Å². The van der Waals surface area contributed by atoms with Crippen LogP contribution in [0.3, 0.4) is 0 Å². The van der Waals surface area contributed by atoms with Gasteiger partial charge in [0.2, 0.25) is 0 Å². The number of carbonyl (C=O) groups is 4. The summed E-state index contributed by atoms with van der Waals surface area (Å²) in [7, 11) is -10.0. The second-order valence-electron chi connectivity index (χ2n) is 27.3. The average molecular weight is 1550 g/mol. The van der Waals surface area contributed by atoms with E-state index in [1.165, 1.54) is 57.8 Å². The molecule has 3 N–H and O–H groups in total. The molecule has 108 heavy (non-hydrogen) atoms. The molecule has 0 aliphatic heterocycles. The van der Waals surface area contributed by atoms with E-state index >= 15 is 0 Å². The second kappa shape index (κ2) is 79.8. The molecule has 0 aromatic rings. The van der Waals surface area contributed by atoms with Crippen molar-refractivity contribution in [1.29, 1.82) is 0 Å². The third kappa shape index (κ3) is 78.8. The van der Waals surface area contributed by atoms with Gasteiger partial charge in [0.15, 0.2) is 12.2 Å². The lowest BCUT2D eigenvalue weighted by atomic mass is 10.1. The van der Waals surface area contributed by atoms with Crippen LogP contribution in [0.1, 0.15) is 323 Å². The van der Waals surface area contributed by atoms with Gasteiger partial charge in [0.05, 0.1) is 26.4 Å². The molecule has 0 radical (unpaired) electrons. The van der Waals surface area contributed by atoms with E-state index < -0.39 is 97.5 Å². The molecular formula is C89H148O17P2. The van der Waals surface area contributed by atoms with Gasteiger partial charge in [-0.2, -0.15) is 0 Å². The van der Waals surface area contributed by atoms with E-state index in [2.05, 4.69) is 186 Å². The number of hydrogen-bond acceptors (Lipinski definition) is 15. The minimum atomic E-state index is -5.00. The zero-order valence-electron chi connectivity index (χ0n) is 67.5. The van der Waals surface area contributed by atoms with Crippen LogP contribution >= 0.6 is 15.6 Å². The molecule has 0 rings (SSSR count). The number of hydrogen-bond donors (Lipinski definition) is 3. The highest BCUT2D eigenvalue weighted by atomic mass is 31.2. The normalized spacial score (nSPS) is 14.6. The average Bonchev–Trinajstić information content (AvgIpc) is 0.896. The van der Waals surface area contributed by atoms with Crippen LogP contribution in [0, 0.1) is 0 Å². The molecule has 19 heteroatoms. The highest BCUT2D eigenvalue weighted by molar-refractivity contribution is 7.47. The Labute approximate surface area is 655 Å². The SMILES string of the molecule is CC/C=C\C/C=C\C/C=C\C/C=C\C/C=C\CCCCCC(=O)OCC(COP(=O)(O)OCC(O)COP(=O)(O)OCC(COC(=O)CCCC/C=C\C/C=C\C/C=C\C/C=C\CC)OC(=O)CCCCCCC/C=C\CCCCCCCC)OC(=O)CCCCCCCC/C=C\C/C=C\C/C=C\CCCCC. The summed E-state index contributed by atoms with van der Waals surface area (Å²) in [5.41, 5.74) is 0. The van der Waals surface area contributed by atoms with Gasteiger partial charge in [-0.15, -0.1) is 0 Å². The van der Waals surface area contributed by atoms with Gasteiger partial charge >= 0.3 is 39.5 Å². The van der Waals surface area contributed by atoms with E-state index in [0.717, 1.165) is 186 Å². The Bertz CT molecular complexity index is 2660. The van der Waals surface area contributed by atoms with E-state index in [0.29, 0.717) is 25.7 Å². The quantitative estimate of drug-likeness (QED) is 0.0169. The number of phosphoric ester groups is 2. The predicted molar refractivity (Wildman–Crippen MR) is 445 cm³/mol. The van der Waals surface area contributed by atoms with Gasteiger partial charge in [-0.1, -0.05) is 282 Å². The first-order valence-electron chi connectivity index (χ1n) is 41.7. The van der Waals surface area contributed by atoms with Crippen molar-refractivity contribution >= 4 is 39.5 Å². The molecule has 0 saturated heterocycles. The number of carbonyl (C=O) groups excluding carboxylic acids is 4. The summed E-state index contributed by atoms with van der Waals surface area (Å²) < 4.78 is 68.7. The first kappa shape index (κ1) is 103. The van der Waals surface area contributed by atoms with Crippen LogP contribution < -0.4 is 0 Å². The number of esters is 4. The highest BCUT2D eigenvalue weighted by Gasteiger charge is 2.30. The Morgan fingerprint density at radius 1 is 0.269 bits per heavy atom. The van der Waals surface area contributed by atoms with Gasteiger partial charge in [-0.05, 0) is 173 Å². The van der Waals surface area contributed by atoms with Crippen LogP contribution in [0.2, 0.25) is 0 Å². The molecule has 0 aromatic heterocycles. The molecule has 0 fully saturated rings. The van der Waals surface area contributed by atoms with Crippen molar-refractivity contribution in [3.63, 3.8) is 0 Å². The first-order chi connectivity index (χ1) is 52.7. The van der Waals surface area contributed by atoms with Crippen molar-refractivity contribution in [1.82, 2.24) is 0 Å². The standard InChI is InChI=1S/C89H148O17P2/c1-5-9-13-17-21-25-29-33-37-39-41-43-47-50-54-58-62-66-70-74-87(92)100-80-85(106-89(94)76-72-68-64-60-56-52-48-44-42-40-38-34-30-26-22-18-14-10-6-2)82-104-108(97,98)102-78-83(90)77-101-107(95,96)103-81-84(105-88(93)75-71-67-63-59-55-51-46-36-32-28-24-20-16-12-8-4)79-99-86(91)73-69-65-61-57-53-49-45-35-31-27-23-19-15-11-7-3/h9,11,13,15,21-23,25-27,33-38,41-46,50,53-54,57,83-85,90H,5-8,10,12,14,16-20,24,28-32,39-40,47-49,51-52,55-56,58-82H2,1-4H3,(H,95,96)(H,97,98)/b13-9-,15-11-,25-21-,26-22-,27-23-,37-33-,38-34-,43-41-,44-42-,45-35-,46-36-,54-50-,57-53-. The Kier molecular flexibility index (Phi) is 75.8. The highest BCUT2D eigenvalue weighted by Crippen LogP contribution is 2.45. The molecule has 0 aliphatic rings. The maximum Gasteiger partial charge on any atom is 0.472 e. The van der Waals surface area contributed by atoms with Crippen LogP contribution in [0.15, 0.2) is 158 Å². The lowest BCUT2D eigenvalue weighted by Crippen LogP contribution is -2.30. The number of ether oxygens (including phenoxy) is 4. The fourth-order valence-corrected chi connectivity index (χ4v) is 12.2. The molecule has 0 bridgehead atoms. The van der Waals surface area contributed by atoms with E-state index in [4.69, 9.17) is 37.0 Å². The molecule has 0 saturated carbocycles. The fraction of sp³-hybridized carbons (Fsp3) is 0.663. The minimum absolute atomic E-state index is 0.0666. The smallest absolute Gasteiger partial charge is 0.462 e. The molecule has 5 unspecified atom stereocenters. The summed E-state index contributed by atoms with van der Waals surface area (Å²) in [5.74, 6) is -2.29. The topological polar surface area (TPSA) is 237 Å². The first-order valence-corrected chi connectivity index (χ1v) is 44.7. The van der Waals surface area contributed by atoms with Crippen molar-refractivity contribution < 1.29 is 80.2 Å². The predicted octanol–water partition coefficient (Wildman–Crippen LogP) is 24.8. The van der Waals surface area contributed by atoms with Crippen LogP contribution in [-0.2, 0) is 65.4 Å². The third-order valence-electron chi connectivity index (χ3n) is 17.0. The lowest BCUT2D eigenvalue weighted by Gasteiger charge is -2.21. The Balaban J connectivity index is 5.47. The van der Waals surface area contributed by atoms with Crippen molar-refractivity contribution in [2.24, 2.45) is 0 Å². The van der Waals surface area contributed by atoms with Crippen molar-refractivity contribution in [2.45, 2.75) is 341 Å². The van der Waals surface area contributed by atoms with Gasteiger partial charge in [-0.3, -0.25) is 37.3 Å². The van der Waals surface area contributed by atoms with Gasteiger partial charge < -0.3 is 33.8 Å². The Hall–Kier alpha value is -5.32. The molecule has 616 valence electrons. The summed E-state index contributed by atoms with van der Waals surface area (Å²) in [6.07, 6.45) is 93.5. The molecular weight excluding hydrogens is 1400 g/mol. The van der Waals surface area contributed by atoms with Crippen molar-refractivity contribution in [3.05, 3.63) is 158 Å². The number of rotatable bonds is 77. The van der Waals surface area contributed by atoms with Crippen molar-refractivity contribution in [2.75, 3.05) is 39.6 Å². The van der Waals surface area contributed by atoms with Crippen LogP contribution in [-0.4, -0.2) is 96.7 Å². The number of allylic oxidation sites excluding steroid dienone is 26. The molecule has 0 heterocycles. The number of phosphoric acid groups is 2. The molecule has 17 nitrogen and oxygen atoms in total. The molecule has 0 spiro atoms. The third-order valence-corrected chi connectivity index (χ3v) is 18.9. The fourth-order valence-electron chi connectivity index (χ4n) is 10.7. The second-order valence-corrected chi connectivity index (χ2v) is 30.2. The number of aliphatic hydroxyl groups excluding tert-OH is 1. The van der Waals surface area contributed by atoms with E-state index in [-0.39, 0.29) is 25.7 Å². The lowest BCUT2D eigenvalue weighted by molar-refractivity contribution is -0.161. The summed E-state index contributed by atoms with van der Waals surface area (Å²) in [6.45, 7) is 4.52. The van der Waals surface area contributed by atoms with Gasteiger partial charge in [-0.25, -0.2) is 9.13 Å². The summed E-state index contributed by atoms with van der Waals surface area (Å²) in [6, 6.07) is 0. The number of aliphatic hydroxyl groups is 1.